The molecule has 0 saturated carbocycles. The summed E-state index contributed by atoms with van der Waals surface area (Å²) in [5.41, 5.74) is 4.48. The highest BCUT2D eigenvalue weighted by molar-refractivity contribution is 5.79. The number of hydrogen-bond donors (Lipinski definition) is 3. The van der Waals surface area contributed by atoms with Gasteiger partial charge in [-0.3, -0.25) is 9.59 Å². The van der Waals surface area contributed by atoms with Crippen LogP contribution in [0.2, 0.25) is 0 Å². The molecule has 0 bridgehead atoms. The highest BCUT2D eigenvalue weighted by atomic mass is 16.5. The summed E-state index contributed by atoms with van der Waals surface area (Å²) in [4.78, 5) is 22.9. The van der Waals surface area contributed by atoms with E-state index in [1.807, 2.05) is 0 Å². The molecule has 4 N–H and O–H groups in total. The minimum absolute atomic E-state index is 0.101. The van der Waals surface area contributed by atoms with Gasteiger partial charge in [-0.05, 0) is 32.2 Å². The van der Waals surface area contributed by atoms with Gasteiger partial charge in [-0.1, -0.05) is 0 Å². The van der Waals surface area contributed by atoms with Crippen LogP contribution in [-0.4, -0.2) is 43.3 Å². The maximum atomic E-state index is 11.5. The summed E-state index contributed by atoms with van der Waals surface area (Å²) in [7, 11) is 0. The third kappa shape index (κ3) is 4.27. The van der Waals surface area contributed by atoms with Crippen LogP contribution in [-0.2, 0) is 14.3 Å². The second kappa shape index (κ2) is 7.33. The number of aliphatic carboxylic acids is 1. The first kappa shape index (κ1) is 14.9. The van der Waals surface area contributed by atoms with Crippen LogP contribution >= 0.6 is 0 Å². The Bertz CT molecular complexity index is 288. The van der Waals surface area contributed by atoms with E-state index in [0.717, 1.165) is 12.8 Å². The molecule has 1 rings (SSSR count). The van der Waals surface area contributed by atoms with Crippen molar-refractivity contribution in [3.8, 4) is 0 Å². The summed E-state index contributed by atoms with van der Waals surface area (Å²) < 4.78 is 5.17. The van der Waals surface area contributed by atoms with Crippen LogP contribution in [0.1, 0.15) is 32.1 Å². The van der Waals surface area contributed by atoms with Crippen molar-refractivity contribution >= 4 is 11.9 Å². The van der Waals surface area contributed by atoms with E-state index in [4.69, 9.17) is 10.5 Å². The standard InChI is InChI=1S/C12H22N2O4/c13-6-2-1-3-10(15)14-9-12(11(16)17)4-7-18-8-5-12/h1-9,13H2,(H,14,15)(H,16,17). The molecule has 0 unspecified atom stereocenters. The normalized spacial score (nSPS) is 18.3. The number of carbonyl (C=O) groups is 2. The molecule has 1 amide bonds. The second-order valence-corrected chi connectivity index (χ2v) is 4.72. The molecule has 0 aromatic rings. The average Bonchev–Trinajstić information content (AvgIpc) is 2.37. The number of carboxylic acids is 1. The maximum absolute atomic E-state index is 11.5. The van der Waals surface area contributed by atoms with E-state index in [1.165, 1.54) is 0 Å². The van der Waals surface area contributed by atoms with Gasteiger partial charge in [0.15, 0.2) is 0 Å². The van der Waals surface area contributed by atoms with Crippen molar-refractivity contribution in [2.45, 2.75) is 32.1 Å². The van der Waals surface area contributed by atoms with Gasteiger partial charge >= 0.3 is 5.97 Å². The molecular weight excluding hydrogens is 236 g/mol. The van der Waals surface area contributed by atoms with Crippen molar-refractivity contribution < 1.29 is 19.4 Å². The number of amides is 1. The molecule has 0 aromatic carbocycles. The number of carboxylic acid groups (broad SMARTS) is 1. The Hall–Kier alpha value is -1.14. The number of carbonyl (C=O) groups excluding carboxylic acids is 1. The van der Waals surface area contributed by atoms with Crippen LogP contribution in [0.4, 0.5) is 0 Å². The lowest BCUT2D eigenvalue weighted by molar-refractivity contribution is -0.154. The number of unbranched alkanes of at least 4 members (excludes halogenated alkanes) is 1. The van der Waals surface area contributed by atoms with E-state index in [-0.39, 0.29) is 12.5 Å². The van der Waals surface area contributed by atoms with Crippen molar-refractivity contribution in [3.63, 3.8) is 0 Å². The summed E-state index contributed by atoms with van der Waals surface area (Å²) in [6, 6.07) is 0. The Morgan fingerprint density at radius 2 is 1.94 bits per heavy atom. The van der Waals surface area contributed by atoms with Crippen LogP contribution in [0, 0.1) is 5.41 Å². The van der Waals surface area contributed by atoms with Crippen LogP contribution in [0.25, 0.3) is 0 Å². The lowest BCUT2D eigenvalue weighted by atomic mass is 9.80. The molecular formula is C12H22N2O4. The van der Waals surface area contributed by atoms with Gasteiger partial charge in [0.25, 0.3) is 0 Å². The summed E-state index contributed by atoms with van der Waals surface area (Å²) >= 11 is 0. The highest BCUT2D eigenvalue weighted by Crippen LogP contribution is 2.30. The Labute approximate surface area is 107 Å². The fourth-order valence-electron chi connectivity index (χ4n) is 2.01. The minimum atomic E-state index is -0.859. The van der Waals surface area contributed by atoms with Gasteiger partial charge in [-0.15, -0.1) is 0 Å². The monoisotopic (exact) mass is 258 g/mol. The van der Waals surface area contributed by atoms with Gasteiger partial charge in [-0.2, -0.15) is 0 Å². The Morgan fingerprint density at radius 1 is 1.28 bits per heavy atom. The maximum Gasteiger partial charge on any atom is 0.311 e. The molecule has 104 valence electrons. The van der Waals surface area contributed by atoms with E-state index in [1.54, 1.807) is 0 Å². The zero-order valence-corrected chi connectivity index (χ0v) is 10.6. The molecule has 0 radical (unpaired) electrons. The van der Waals surface area contributed by atoms with Gasteiger partial charge in [0.2, 0.25) is 5.91 Å². The first-order valence-corrected chi connectivity index (χ1v) is 6.39. The number of hydrogen-bond acceptors (Lipinski definition) is 4. The second-order valence-electron chi connectivity index (χ2n) is 4.72. The molecule has 18 heavy (non-hydrogen) atoms. The molecule has 6 heteroatoms. The Balaban J connectivity index is 2.38. The van der Waals surface area contributed by atoms with Crippen LogP contribution < -0.4 is 11.1 Å². The van der Waals surface area contributed by atoms with Crippen molar-refractivity contribution in [2.24, 2.45) is 11.1 Å². The Morgan fingerprint density at radius 3 is 2.50 bits per heavy atom. The fraction of sp³-hybridized carbons (Fsp3) is 0.833. The number of nitrogens with one attached hydrogen (secondary N) is 1. The van der Waals surface area contributed by atoms with E-state index in [9.17, 15) is 14.7 Å². The van der Waals surface area contributed by atoms with E-state index >= 15 is 0 Å². The molecule has 0 atom stereocenters. The number of nitrogens with two attached hydrogens (primary N) is 1. The molecule has 1 fully saturated rings. The quantitative estimate of drug-likeness (QED) is 0.563. The van der Waals surface area contributed by atoms with Crippen LogP contribution in [0.3, 0.4) is 0 Å². The molecule has 0 aromatic heterocycles. The summed E-state index contributed by atoms with van der Waals surface area (Å²) in [6.07, 6.45) is 2.86. The van der Waals surface area contributed by atoms with Crippen molar-refractivity contribution in [1.29, 1.82) is 0 Å². The Kier molecular flexibility index (Phi) is 6.07. The van der Waals surface area contributed by atoms with Crippen molar-refractivity contribution in [1.82, 2.24) is 5.32 Å². The van der Waals surface area contributed by atoms with Gasteiger partial charge < -0.3 is 20.9 Å². The van der Waals surface area contributed by atoms with Crippen LogP contribution in [0.5, 0.6) is 0 Å². The predicted molar refractivity (Wildman–Crippen MR) is 66.0 cm³/mol. The van der Waals surface area contributed by atoms with E-state index in [0.29, 0.717) is 39.0 Å². The summed E-state index contributed by atoms with van der Waals surface area (Å²) in [6.45, 7) is 1.64. The van der Waals surface area contributed by atoms with Crippen LogP contribution in [0.15, 0.2) is 0 Å². The van der Waals surface area contributed by atoms with Crippen molar-refractivity contribution in [3.05, 3.63) is 0 Å². The van der Waals surface area contributed by atoms with Gasteiger partial charge in [0.05, 0.1) is 5.41 Å². The zero-order chi connectivity index (χ0) is 13.4. The molecule has 1 saturated heterocycles. The fourth-order valence-corrected chi connectivity index (χ4v) is 2.01. The van der Waals surface area contributed by atoms with E-state index in [2.05, 4.69) is 5.32 Å². The molecule has 0 spiro atoms. The molecule has 1 heterocycles. The molecule has 0 aliphatic carbocycles. The lowest BCUT2D eigenvalue weighted by Crippen LogP contribution is -2.46. The largest absolute Gasteiger partial charge is 0.481 e. The zero-order valence-electron chi connectivity index (χ0n) is 10.6. The molecule has 6 nitrogen and oxygen atoms in total. The van der Waals surface area contributed by atoms with Crippen molar-refractivity contribution in [2.75, 3.05) is 26.3 Å². The topological polar surface area (TPSA) is 102 Å². The third-order valence-corrected chi connectivity index (χ3v) is 3.39. The van der Waals surface area contributed by atoms with Gasteiger partial charge in [0, 0.05) is 26.2 Å². The first-order valence-electron chi connectivity index (χ1n) is 6.39. The predicted octanol–water partition coefficient (Wildman–Crippen LogP) is 0.113. The minimum Gasteiger partial charge on any atom is -0.481 e. The third-order valence-electron chi connectivity index (χ3n) is 3.39. The summed E-state index contributed by atoms with van der Waals surface area (Å²) in [5.74, 6) is -0.955. The van der Waals surface area contributed by atoms with Gasteiger partial charge in [0.1, 0.15) is 0 Å². The lowest BCUT2D eigenvalue weighted by Gasteiger charge is -2.33. The number of ether oxygens (including phenoxy) is 1. The molecule has 1 aliphatic rings. The molecule has 1 aliphatic heterocycles. The first-order chi connectivity index (χ1) is 8.60. The van der Waals surface area contributed by atoms with Gasteiger partial charge in [-0.25, -0.2) is 0 Å². The SMILES string of the molecule is NCCCCC(=O)NCC1(C(=O)O)CCOCC1. The summed E-state index contributed by atoms with van der Waals surface area (Å²) in [5, 5.41) is 12.0. The highest BCUT2D eigenvalue weighted by Gasteiger charge is 2.40. The van der Waals surface area contributed by atoms with E-state index < -0.39 is 11.4 Å². The smallest absolute Gasteiger partial charge is 0.311 e. The number of rotatable bonds is 7. The average molecular weight is 258 g/mol.